The number of nitrogens with zero attached hydrogens (tertiary/aromatic N) is 2. The number of hydrogen-bond donors (Lipinski definition) is 1. The summed E-state index contributed by atoms with van der Waals surface area (Å²) in [6, 6.07) is 0. The van der Waals surface area contributed by atoms with E-state index >= 15 is 0 Å². The first kappa shape index (κ1) is 5.81. The molecule has 0 spiro atoms. The van der Waals surface area contributed by atoms with Crippen molar-refractivity contribution in [3.8, 4) is 0 Å². The zero-order valence-corrected chi connectivity index (χ0v) is 5.03. The highest BCUT2D eigenvalue weighted by Crippen LogP contribution is 2.00. The molecule has 4 nitrogen and oxygen atoms in total. The van der Waals surface area contributed by atoms with Gasteiger partial charge in [0, 0.05) is 7.05 Å². The van der Waals surface area contributed by atoms with Crippen molar-refractivity contribution in [2.45, 2.75) is 0 Å². The molecule has 0 fully saturated rings. The van der Waals surface area contributed by atoms with Crippen LogP contribution in [0.2, 0.25) is 0 Å². The first-order valence-corrected chi connectivity index (χ1v) is 2.51. The van der Waals surface area contributed by atoms with Crippen LogP contribution in [0.5, 0.6) is 0 Å². The average Bonchev–Trinajstić information content (AvgIpc) is 2.37. The van der Waals surface area contributed by atoms with Crippen molar-refractivity contribution in [1.29, 1.82) is 0 Å². The predicted octanol–water partition coefficient (Wildman–Crippen LogP) is 0.00230. The molecule has 0 radical (unpaired) electrons. The monoisotopic (exact) mass is 125 g/mol. The topological polar surface area (TPSA) is 49.0 Å². The van der Waals surface area contributed by atoms with Gasteiger partial charge in [-0.2, -0.15) is 0 Å². The highest BCUT2D eigenvalue weighted by molar-refractivity contribution is 5.71. The Morgan fingerprint density at radius 3 is 3.11 bits per heavy atom. The van der Waals surface area contributed by atoms with Gasteiger partial charge < -0.3 is 9.88 Å². The first-order chi connectivity index (χ1) is 4.34. The predicted molar refractivity (Wildman–Crippen MR) is 33.1 cm³/mol. The van der Waals surface area contributed by atoms with Gasteiger partial charge >= 0.3 is 0 Å². The lowest BCUT2D eigenvalue weighted by molar-refractivity contribution is -0.107. The summed E-state index contributed by atoms with van der Waals surface area (Å²) in [5.41, 5.74) is 0. The average molecular weight is 125 g/mol. The quantitative estimate of drug-likeness (QED) is 0.565. The van der Waals surface area contributed by atoms with Crippen LogP contribution in [-0.4, -0.2) is 23.4 Å². The molecular formula is C5H7N3O. The van der Waals surface area contributed by atoms with Crippen LogP contribution >= 0.6 is 0 Å². The molecule has 1 aromatic heterocycles. The lowest BCUT2D eigenvalue weighted by atomic mass is 10.7. The molecule has 1 heterocycles. The molecule has 1 rings (SSSR count). The molecule has 48 valence electrons. The summed E-state index contributed by atoms with van der Waals surface area (Å²) in [5.74, 6) is 0.699. The van der Waals surface area contributed by atoms with Crippen LogP contribution in [0.3, 0.4) is 0 Å². The Morgan fingerprint density at radius 1 is 1.89 bits per heavy atom. The lowest BCUT2D eigenvalue weighted by Crippen LogP contribution is -2.13. The molecule has 4 heteroatoms. The molecule has 0 aliphatic carbocycles. The molecular weight excluding hydrogens is 118 g/mol. The number of anilines is 1. The van der Waals surface area contributed by atoms with E-state index in [0.29, 0.717) is 12.2 Å². The zero-order chi connectivity index (χ0) is 6.69. The van der Waals surface area contributed by atoms with Crippen LogP contribution in [0, 0.1) is 0 Å². The minimum Gasteiger partial charge on any atom is -0.331 e. The molecule has 0 atom stereocenters. The van der Waals surface area contributed by atoms with E-state index < -0.39 is 0 Å². The summed E-state index contributed by atoms with van der Waals surface area (Å²) in [7, 11) is 1.65. The van der Waals surface area contributed by atoms with Crippen molar-refractivity contribution in [3.63, 3.8) is 0 Å². The molecule has 0 aromatic carbocycles. The second-order valence-electron chi connectivity index (χ2n) is 1.65. The van der Waals surface area contributed by atoms with Crippen molar-refractivity contribution in [2.75, 3.05) is 11.9 Å². The van der Waals surface area contributed by atoms with E-state index in [1.807, 2.05) is 0 Å². The Kier molecular flexibility index (Phi) is 1.48. The molecule has 0 bridgehead atoms. The summed E-state index contributed by atoms with van der Waals surface area (Å²) in [6.45, 7) is 0. The van der Waals surface area contributed by atoms with Crippen molar-refractivity contribution in [2.24, 2.45) is 0 Å². The van der Waals surface area contributed by atoms with Gasteiger partial charge in [0.25, 0.3) is 0 Å². The van der Waals surface area contributed by atoms with E-state index in [1.165, 1.54) is 11.2 Å². The fraction of sp³-hybridized carbons (Fsp3) is 0.200. The molecule has 1 amide bonds. The smallest absolute Gasteiger partial charge is 0.215 e. The van der Waals surface area contributed by atoms with Crippen LogP contribution in [0.15, 0.2) is 12.5 Å². The fourth-order valence-electron chi connectivity index (χ4n) is 0.498. The summed E-state index contributed by atoms with van der Waals surface area (Å²) in [4.78, 5) is 18.0. The second-order valence-corrected chi connectivity index (χ2v) is 1.65. The molecule has 0 unspecified atom stereocenters. The highest BCUT2D eigenvalue weighted by atomic mass is 16.1. The maximum absolute atomic E-state index is 10.1. The fourth-order valence-corrected chi connectivity index (χ4v) is 0.498. The molecule has 0 aliphatic rings. The van der Waals surface area contributed by atoms with Crippen LogP contribution in [0.4, 0.5) is 5.82 Å². The minimum atomic E-state index is 0.699. The number of carbonyl (C=O) groups is 1. The van der Waals surface area contributed by atoms with E-state index in [2.05, 4.69) is 9.97 Å². The summed E-state index contributed by atoms with van der Waals surface area (Å²) in [6.07, 6.45) is 3.82. The second kappa shape index (κ2) is 2.30. The third-order valence-electron chi connectivity index (χ3n) is 1.02. The molecule has 0 saturated carbocycles. The first-order valence-electron chi connectivity index (χ1n) is 2.51. The number of aromatic amines is 1. The Morgan fingerprint density at radius 2 is 2.67 bits per heavy atom. The number of rotatable bonds is 2. The maximum Gasteiger partial charge on any atom is 0.215 e. The minimum absolute atomic E-state index is 0.699. The van der Waals surface area contributed by atoms with Gasteiger partial charge in [0.1, 0.15) is 5.82 Å². The highest BCUT2D eigenvalue weighted by Gasteiger charge is 1.95. The Balaban J connectivity index is 2.76. The van der Waals surface area contributed by atoms with Gasteiger partial charge in [-0.1, -0.05) is 0 Å². The van der Waals surface area contributed by atoms with Crippen molar-refractivity contribution in [1.82, 2.24) is 9.97 Å². The summed E-state index contributed by atoms with van der Waals surface area (Å²) < 4.78 is 0. The number of imidazole rings is 1. The molecule has 0 aliphatic heterocycles. The van der Waals surface area contributed by atoms with Gasteiger partial charge in [-0.15, -0.1) is 0 Å². The van der Waals surface area contributed by atoms with Crippen LogP contribution < -0.4 is 4.90 Å². The number of aromatic nitrogens is 2. The van der Waals surface area contributed by atoms with E-state index in [4.69, 9.17) is 0 Å². The largest absolute Gasteiger partial charge is 0.331 e. The number of hydrogen-bond acceptors (Lipinski definition) is 2. The summed E-state index contributed by atoms with van der Waals surface area (Å²) in [5, 5.41) is 0. The van der Waals surface area contributed by atoms with Gasteiger partial charge in [0.2, 0.25) is 6.41 Å². The molecule has 9 heavy (non-hydrogen) atoms. The van der Waals surface area contributed by atoms with Gasteiger partial charge in [0.05, 0.1) is 12.5 Å². The number of amides is 1. The van der Waals surface area contributed by atoms with Gasteiger partial charge in [0.15, 0.2) is 0 Å². The number of nitrogens with one attached hydrogen (secondary N) is 1. The zero-order valence-electron chi connectivity index (χ0n) is 5.03. The Labute approximate surface area is 52.5 Å². The van der Waals surface area contributed by atoms with Gasteiger partial charge in [-0.3, -0.25) is 4.79 Å². The number of H-pyrrole nitrogens is 1. The third kappa shape index (κ3) is 1.07. The van der Waals surface area contributed by atoms with Crippen molar-refractivity contribution >= 4 is 12.2 Å². The van der Waals surface area contributed by atoms with E-state index in [-0.39, 0.29) is 0 Å². The van der Waals surface area contributed by atoms with E-state index in [9.17, 15) is 4.79 Å². The van der Waals surface area contributed by atoms with Gasteiger partial charge in [-0.25, -0.2) is 4.98 Å². The van der Waals surface area contributed by atoms with Crippen LogP contribution in [0.1, 0.15) is 0 Å². The van der Waals surface area contributed by atoms with Gasteiger partial charge in [-0.05, 0) is 0 Å². The third-order valence-corrected chi connectivity index (χ3v) is 1.02. The van der Waals surface area contributed by atoms with E-state index in [0.717, 1.165) is 0 Å². The Hall–Kier alpha value is -1.32. The maximum atomic E-state index is 10.1. The van der Waals surface area contributed by atoms with Crippen LogP contribution in [0.25, 0.3) is 0 Å². The summed E-state index contributed by atoms with van der Waals surface area (Å²) >= 11 is 0. The normalized spacial score (nSPS) is 9.00. The Bertz CT molecular complexity index is 182. The van der Waals surface area contributed by atoms with Crippen LogP contribution in [-0.2, 0) is 4.79 Å². The SMILES string of the molecule is CN(C=O)c1cnc[nH]1. The standard InChI is InChI=1S/C5H7N3O/c1-8(4-9)5-2-6-3-7-5/h2-4H,1H3,(H,6,7). The number of carbonyl (C=O) groups excluding carboxylic acids is 1. The van der Waals surface area contributed by atoms with Crippen molar-refractivity contribution in [3.05, 3.63) is 12.5 Å². The lowest BCUT2D eigenvalue weighted by Gasteiger charge is -2.04. The molecule has 1 aromatic rings. The van der Waals surface area contributed by atoms with E-state index in [1.54, 1.807) is 13.2 Å². The van der Waals surface area contributed by atoms with Crippen molar-refractivity contribution < 1.29 is 4.79 Å². The molecule has 1 N–H and O–H groups in total. The molecule has 0 saturated heterocycles.